The Morgan fingerprint density at radius 1 is 1.06 bits per heavy atom. The van der Waals surface area contributed by atoms with E-state index in [9.17, 15) is 4.79 Å². The van der Waals surface area contributed by atoms with Crippen molar-refractivity contribution in [2.45, 2.75) is 82.8 Å². The second-order valence-corrected chi connectivity index (χ2v) is 11.2. The van der Waals surface area contributed by atoms with Gasteiger partial charge in [0.05, 0.1) is 11.7 Å². The maximum atomic E-state index is 12.5. The highest BCUT2D eigenvalue weighted by Crippen LogP contribution is 2.47. The number of amides is 1. The van der Waals surface area contributed by atoms with Crippen molar-refractivity contribution in [2.75, 3.05) is 19.6 Å². The van der Waals surface area contributed by atoms with E-state index in [1.165, 1.54) is 35.2 Å². The minimum Gasteiger partial charge on any atom is -0.444 e. The molecule has 2 N–H and O–H groups in total. The van der Waals surface area contributed by atoms with Crippen LogP contribution in [0.1, 0.15) is 88.4 Å². The molecule has 5 rings (SSSR count). The average Bonchev–Trinajstić information content (AvgIpc) is 3.51. The highest BCUT2D eigenvalue weighted by Gasteiger charge is 2.35. The van der Waals surface area contributed by atoms with Crippen LogP contribution in [0.5, 0.6) is 0 Å². The number of carbonyl (C=O) groups is 1. The highest BCUT2D eigenvalue weighted by atomic mass is 16.6. The zero-order valence-corrected chi connectivity index (χ0v) is 20.3. The fraction of sp³-hybridized carbons (Fsp3) is 0.630. The second-order valence-electron chi connectivity index (χ2n) is 11.2. The molecule has 0 radical (unpaired) electrons. The summed E-state index contributed by atoms with van der Waals surface area (Å²) < 4.78 is 7.82. The molecule has 1 aliphatic heterocycles. The predicted molar refractivity (Wildman–Crippen MR) is 130 cm³/mol. The predicted octanol–water partition coefficient (Wildman–Crippen LogP) is 5.45. The Kier molecular flexibility index (Phi) is 5.98. The van der Waals surface area contributed by atoms with Gasteiger partial charge in [0, 0.05) is 30.8 Å². The van der Waals surface area contributed by atoms with E-state index in [4.69, 9.17) is 15.6 Å². The Morgan fingerprint density at radius 3 is 2.39 bits per heavy atom. The minimum absolute atomic E-state index is 0.192. The third-order valence-electron chi connectivity index (χ3n) is 7.48. The molecular formula is C27H38N4O2. The summed E-state index contributed by atoms with van der Waals surface area (Å²) in [6, 6.07) is 9.35. The fourth-order valence-corrected chi connectivity index (χ4v) is 5.37. The molecule has 3 fully saturated rings. The van der Waals surface area contributed by atoms with E-state index in [0.717, 1.165) is 45.3 Å². The highest BCUT2D eigenvalue weighted by molar-refractivity contribution is 5.71. The first kappa shape index (κ1) is 22.5. The molecule has 6 heteroatoms. The van der Waals surface area contributed by atoms with Crippen molar-refractivity contribution >= 4 is 6.09 Å². The Bertz CT molecular complexity index is 990. The number of aromatic nitrogens is 2. The van der Waals surface area contributed by atoms with Crippen molar-refractivity contribution in [3.63, 3.8) is 0 Å². The molecule has 178 valence electrons. The summed E-state index contributed by atoms with van der Waals surface area (Å²) in [5.74, 6) is 1.70. The summed E-state index contributed by atoms with van der Waals surface area (Å²) in [6.45, 7) is 8.03. The van der Waals surface area contributed by atoms with Gasteiger partial charge in [-0.25, -0.2) is 4.79 Å². The van der Waals surface area contributed by atoms with Crippen molar-refractivity contribution in [1.29, 1.82) is 0 Å². The van der Waals surface area contributed by atoms with Crippen LogP contribution in [0.15, 0.2) is 30.5 Å². The van der Waals surface area contributed by atoms with Gasteiger partial charge in [-0.1, -0.05) is 24.3 Å². The number of nitrogens with zero attached hydrogens (tertiary/aromatic N) is 3. The molecule has 2 aromatic rings. The van der Waals surface area contributed by atoms with Crippen molar-refractivity contribution < 1.29 is 9.53 Å². The topological polar surface area (TPSA) is 73.4 Å². The molecule has 0 spiro atoms. The first-order valence-electron chi connectivity index (χ1n) is 12.7. The Labute approximate surface area is 197 Å². The van der Waals surface area contributed by atoms with Crippen LogP contribution < -0.4 is 5.73 Å². The van der Waals surface area contributed by atoms with Crippen molar-refractivity contribution in [1.82, 2.24) is 14.7 Å². The van der Waals surface area contributed by atoms with Gasteiger partial charge in [-0.15, -0.1) is 0 Å². The molecular weight excluding hydrogens is 412 g/mol. The molecule has 2 heterocycles. The van der Waals surface area contributed by atoms with Crippen LogP contribution in [0.3, 0.4) is 0 Å². The Morgan fingerprint density at radius 2 is 1.76 bits per heavy atom. The van der Waals surface area contributed by atoms with Gasteiger partial charge in [-0.2, -0.15) is 5.10 Å². The van der Waals surface area contributed by atoms with Crippen LogP contribution in [0.25, 0.3) is 11.1 Å². The van der Waals surface area contributed by atoms with Crippen LogP contribution >= 0.6 is 0 Å². The van der Waals surface area contributed by atoms with Gasteiger partial charge in [0.2, 0.25) is 0 Å². The maximum absolute atomic E-state index is 12.5. The second kappa shape index (κ2) is 8.79. The van der Waals surface area contributed by atoms with E-state index in [0.29, 0.717) is 23.8 Å². The van der Waals surface area contributed by atoms with Crippen LogP contribution in [-0.2, 0) is 4.74 Å². The molecule has 0 atom stereocenters. The van der Waals surface area contributed by atoms with Gasteiger partial charge in [0.15, 0.2) is 0 Å². The number of likely N-dealkylation sites (tertiary alicyclic amines) is 1. The molecule has 33 heavy (non-hydrogen) atoms. The number of hydrogen-bond acceptors (Lipinski definition) is 4. The van der Waals surface area contributed by atoms with Gasteiger partial charge in [0.1, 0.15) is 5.60 Å². The largest absolute Gasteiger partial charge is 0.444 e. The lowest BCUT2D eigenvalue weighted by molar-refractivity contribution is 0.0205. The summed E-state index contributed by atoms with van der Waals surface area (Å²) in [7, 11) is 0. The summed E-state index contributed by atoms with van der Waals surface area (Å²) in [5.41, 5.74) is 10.7. The van der Waals surface area contributed by atoms with Gasteiger partial charge >= 0.3 is 6.09 Å². The molecule has 6 nitrogen and oxygen atoms in total. The van der Waals surface area contributed by atoms with E-state index in [1.54, 1.807) is 0 Å². The third kappa shape index (κ3) is 4.81. The number of rotatable bonds is 5. The molecule has 3 aliphatic rings. The zero-order valence-electron chi connectivity index (χ0n) is 20.3. The molecule has 2 aliphatic carbocycles. The summed E-state index contributed by atoms with van der Waals surface area (Å²) in [4.78, 5) is 14.4. The quantitative estimate of drug-likeness (QED) is 0.657. The minimum atomic E-state index is -0.454. The normalized spacial score (nSPS) is 23.9. The van der Waals surface area contributed by atoms with Crippen molar-refractivity contribution in [3.05, 3.63) is 41.7 Å². The number of hydrogen-bond donors (Lipinski definition) is 1. The smallest absolute Gasteiger partial charge is 0.410 e. The van der Waals surface area contributed by atoms with E-state index in [-0.39, 0.29) is 6.09 Å². The summed E-state index contributed by atoms with van der Waals surface area (Å²) in [6.07, 6.45) is 8.82. The maximum Gasteiger partial charge on any atom is 0.410 e. The average molecular weight is 451 g/mol. The van der Waals surface area contributed by atoms with Crippen LogP contribution in [-0.4, -0.2) is 46.0 Å². The van der Waals surface area contributed by atoms with Gasteiger partial charge in [-0.3, -0.25) is 4.68 Å². The van der Waals surface area contributed by atoms with Crippen LogP contribution in [0, 0.1) is 5.92 Å². The first-order valence-corrected chi connectivity index (χ1v) is 12.7. The number of carbonyl (C=O) groups excluding carboxylic acids is 1. The zero-order chi connectivity index (χ0) is 23.2. The number of benzene rings is 1. The first-order chi connectivity index (χ1) is 15.8. The van der Waals surface area contributed by atoms with E-state index >= 15 is 0 Å². The van der Waals surface area contributed by atoms with Gasteiger partial charge < -0.3 is 15.4 Å². The lowest BCUT2D eigenvalue weighted by atomic mass is 9.80. The lowest BCUT2D eigenvalue weighted by Crippen LogP contribution is -2.41. The Hall–Kier alpha value is -2.34. The monoisotopic (exact) mass is 450 g/mol. The molecule has 2 saturated carbocycles. The van der Waals surface area contributed by atoms with E-state index in [1.807, 2.05) is 25.7 Å². The van der Waals surface area contributed by atoms with Gasteiger partial charge in [0.25, 0.3) is 0 Å². The van der Waals surface area contributed by atoms with Gasteiger partial charge in [-0.05, 0) is 88.8 Å². The molecule has 1 aromatic heterocycles. The molecule has 1 aromatic carbocycles. The number of piperidine rings is 1. The molecule has 1 saturated heterocycles. The number of ether oxygens (including phenoxy) is 1. The summed E-state index contributed by atoms with van der Waals surface area (Å²) >= 11 is 0. The third-order valence-corrected chi connectivity index (χ3v) is 7.48. The lowest BCUT2D eigenvalue weighted by Gasteiger charge is -2.34. The summed E-state index contributed by atoms with van der Waals surface area (Å²) in [5, 5.41) is 5.10. The van der Waals surface area contributed by atoms with E-state index < -0.39 is 5.60 Å². The SMILES string of the molecule is CC(C)(C)OC(=O)N1CCC(c2ccccc2-c2cn(C3CC(CN)C3)nc2C2CC2)CC1. The van der Waals surface area contributed by atoms with Crippen LogP contribution in [0.2, 0.25) is 0 Å². The van der Waals surface area contributed by atoms with Crippen molar-refractivity contribution in [2.24, 2.45) is 11.7 Å². The standard InChI is InChI=1S/C27H38N4O2/c1-27(2,3)33-26(32)30-12-10-19(11-13-30)22-6-4-5-7-23(22)24-17-31(21-14-18(15-21)16-28)29-25(24)20-8-9-20/h4-7,17-21H,8-16,28H2,1-3H3. The molecule has 0 bridgehead atoms. The van der Waals surface area contributed by atoms with E-state index in [2.05, 4.69) is 35.1 Å². The Balaban J connectivity index is 1.35. The van der Waals surface area contributed by atoms with Crippen LogP contribution in [0.4, 0.5) is 4.79 Å². The number of nitrogens with two attached hydrogens (primary N) is 1. The molecule has 1 amide bonds. The molecule has 0 unspecified atom stereocenters. The fourth-order valence-electron chi connectivity index (χ4n) is 5.37. The van der Waals surface area contributed by atoms with Crippen molar-refractivity contribution in [3.8, 4) is 11.1 Å².